The fourth-order valence-electron chi connectivity index (χ4n) is 4.24. The summed E-state index contributed by atoms with van der Waals surface area (Å²) in [5.74, 6) is -0.354. The Balaban J connectivity index is 1.39. The molecule has 0 saturated carbocycles. The van der Waals surface area contributed by atoms with Crippen LogP contribution in [0.5, 0.6) is 5.75 Å². The van der Waals surface area contributed by atoms with Crippen LogP contribution in [-0.4, -0.2) is 53.3 Å². The lowest BCUT2D eigenvalue weighted by Gasteiger charge is -2.23. The number of nitrogens with one attached hydrogen (secondary N) is 2. The first-order valence-electron chi connectivity index (χ1n) is 13.0. The quantitative estimate of drug-likeness (QED) is 0.303. The first-order chi connectivity index (χ1) is 19.7. The fraction of sp³-hybridized carbons (Fsp3) is 0.226. The standard InChI is InChI=1S/C31H32N6O4/c1-19-9-13-26(21(3)23(19)18-41-27-8-6-7-24-30(27)36-20(2)15-33-24)37(5)29(39)17-35-28(38)14-11-22-10-12-25(34-16-22)31(40)32-4/h6-16H,17-18H2,1-5H3,(H,32,40)(H,35,38). The van der Waals surface area contributed by atoms with Crippen LogP contribution in [0.3, 0.4) is 0 Å². The highest BCUT2D eigenvalue weighted by atomic mass is 16.5. The van der Waals surface area contributed by atoms with E-state index in [1.165, 1.54) is 24.2 Å². The van der Waals surface area contributed by atoms with Gasteiger partial charge >= 0.3 is 0 Å². The normalized spacial score (nSPS) is 11.0. The van der Waals surface area contributed by atoms with Gasteiger partial charge in [0.25, 0.3) is 5.91 Å². The molecule has 41 heavy (non-hydrogen) atoms. The van der Waals surface area contributed by atoms with Gasteiger partial charge in [-0.3, -0.25) is 24.4 Å². The highest BCUT2D eigenvalue weighted by Crippen LogP contribution is 2.28. The van der Waals surface area contributed by atoms with E-state index in [1.54, 1.807) is 31.5 Å². The molecule has 4 aromatic rings. The predicted molar refractivity (Wildman–Crippen MR) is 158 cm³/mol. The summed E-state index contributed by atoms with van der Waals surface area (Å²) in [6, 6.07) is 12.7. The summed E-state index contributed by atoms with van der Waals surface area (Å²) in [5, 5.41) is 5.12. The van der Waals surface area contributed by atoms with E-state index in [-0.39, 0.29) is 24.1 Å². The number of fused-ring (bicyclic) bond motifs is 1. The van der Waals surface area contributed by atoms with Crippen LogP contribution >= 0.6 is 0 Å². The summed E-state index contributed by atoms with van der Waals surface area (Å²) in [6.45, 7) is 5.95. The molecule has 0 radical (unpaired) electrons. The van der Waals surface area contributed by atoms with Crippen LogP contribution in [0.25, 0.3) is 17.1 Å². The molecule has 2 aromatic carbocycles. The summed E-state index contributed by atoms with van der Waals surface area (Å²) >= 11 is 0. The number of nitrogens with zero attached hydrogens (tertiary/aromatic N) is 4. The van der Waals surface area contributed by atoms with Crippen molar-refractivity contribution in [1.29, 1.82) is 0 Å². The summed E-state index contributed by atoms with van der Waals surface area (Å²) in [7, 11) is 3.20. The number of para-hydroxylation sites is 1. The van der Waals surface area contributed by atoms with E-state index < -0.39 is 5.91 Å². The van der Waals surface area contributed by atoms with E-state index in [2.05, 4.69) is 25.6 Å². The lowest BCUT2D eigenvalue weighted by atomic mass is 10.0. The van der Waals surface area contributed by atoms with Crippen molar-refractivity contribution in [1.82, 2.24) is 25.6 Å². The number of carbonyl (C=O) groups excluding carboxylic acids is 3. The van der Waals surface area contributed by atoms with Gasteiger partial charge in [0.2, 0.25) is 11.8 Å². The van der Waals surface area contributed by atoms with E-state index in [0.717, 1.165) is 33.6 Å². The van der Waals surface area contributed by atoms with Crippen molar-refractivity contribution in [2.75, 3.05) is 25.5 Å². The molecule has 10 nitrogen and oxygen atoms in total. The van der Waals surface area contributed by atoms with E-state index in [4.69, 9.17) is 4.74 Å². The third-order valence-electron chi connectivity index (χ3n) is 6.65. The van der Waals surface area contributed by atoms with Crippen LogP contribution in [0.2, 0.25) is 0 Å². The van der Waals surface area contributed by atoms with Gasteiger partial charge in [-0.1, -0.05) is 18.2 Å². The summed E-state index contributed by atoms with van der Waals surface area (Å²) in [5.41, 5.74) is 6.81. The third-order valence-corrected chi connectivity index (χ3v) is 6.65. The van der Waals surface area contributed by atoms with E-state index >= 15 is 0 Å². The number of aryl methyl sites for hydroxylation is 2. The second kappa shape index (κ2) is 12.8. The first kappa shape index (κ1) is 28.9. The molecule has 4 rings (SSSR count). The highest BCUT2D eigenvalue weighted by molar-refractivity contribution is 5.99. The number of hydrogen-bond acceptors (Lipinski definition) is 7. The molecule has 0 aliphatic carbocycles. The van der Waals surface area contributed by atoms with Gasteiger partial charge in [-0.2, -0.15) is 0 Å². The van der Waals surface area contributed by atoms with Gasteiger partial charge in [-0.15, -0.1) is 0 Å². The molecule has 0 aliphatic rings. The van der Waals surface area contributed by atoms with Gasteiger partial charge in [-0.05, 0) is 73.4 Å². The molecule has 0 unspecified atom stereocenters. The minimum absolute atomic E-state index is 0.180. The van der Waals surface area contributed by atoms with Crippen molar-refractivity contribution in [3.05, 3.63) is 94.6 Å². The number of ether oxygens (including phenoxy) is 1. The number of pyridine rings is 1. The number of aromatic nitrogens is 3. The molecule has 0 bridgehead atoms. The number of amides is 3. The molecule has 0 fully saturated rings. The Morgan fingerprint density at radius 2 is 1.80 bits per heavy atom. The van der Waals surface area contributed by atoms with E-state index in [9.17, 15) is 14.4 Å². The average Bonchev–Trinajstić information content (AvgIpc) is 2.98. The summed E-state index contributed by atoms with van der Waals surface area (Å²) < 4.78 is 6.19. The molecule has 10 heteroatoms. The van der Waals surface area contributed by atoms with Crippen molar-refractivity contribution < 1.29 is 19.1 Å². The van der Waals surface area contributed by atoms with Crippen molar-refractivity contribution >= 4 is 40.5 Å². The predicted octanol–water partition coefficient (Wildman–Crippen LogP) is 3.68. The zero-order chi connectivity index (χ0) is 29.5. The largest absolute Gasteiger partial charge is 0.487 e. The zero-order valence-corrected chi connectivity index (χ0v) is 23.7. The summed E-state index contributed by atoms with van der Waals surface area (Å²) in [6.07, 6.45) is 6.09. The highest BCUT2D eigenvalue weighted by Gasteiger charge is 2.17. The topological polar surface area (TPSA) is 126 Å². The molecule has 0 spiro atoms. The number of benzene rings is 2. The molecule has 3 amide bonds. The number of carbonyl (C=O) groups is 3. The maximum absolute atomic E-state index is 13.0. The second-order valence-corrected chi connectivity index (χ2v) is 9.49. The number of likely N-dealkylation sites (N-methyl/N-ethyl adjacent to an activating group) is 1. The van der Waals surface area contributed by atoms with E-state index in [1.807, 2.05) is 51.1 Å². The molecule has 210 valence electrons. The molecule has 2 heterocycles. The molecular weight excluding hydrogens is 520 g/mol. The first-order valence-corrected chi connectivity index (χ1v) is 13.0. The molecule has 0 atom stereocenters. The molecule has 0 saturated heterocycles. The van der Waals surface area contributed by atoms with Gasteiger partial charge in [0.05, 0.1) is 17.8 Å². The van der Waals surface area contributed by atoms with Crippen molar-refractivity contribution in [3.8, 4) is 5.75 Å². The van der Waals surface area contributed by atoms with Crippen LogP contribution in [0.4, 0.5) is 5.69 Å². The van der Waals surface area contributed by atoms with Crippen LogP contribution in [0, 0.1) is 20.8 Å². The second-order valence-electron chi connectivity index (χ2n) is 9.49. The van der Waals surface area contributed by atoms with Gasteiger partial charge in [0, 0.05) is 38.3 Å². The number of hydrogen-bond donors (Lipinski definition) is 2. The van der Waals surface area contributed by atoms with Crippen LogP contribution in [-0.2, 0) is 16.2 Å². The van der Waals surface area contributed by atoms with Crippen molar-refractivity contribution in [2.45, 2.75) is 27.4 Å². The van der Waals surface area contributed by atoms with Gasteiger partial charge in [0.15, 0.2) is 0 Å². The fourth-order valence-corrected chi connectivity index (χ4v) is 4.24. The van der Waals surface area contributed by atoms with Gasteiger partial charge in [0.1, 0.15) is 23.6 Å². The minimum atomic E-state index is -0.426. The Morgan fingerprint density at radius 1 is 1.00 bits per heavy atom. The number of anilines is 1. The molecule has 2 N–H and O–H groups in total. The Hall–Kier alpha value is -5.12. The average molecular weight is 553 g/mol. The van der Waals surface area contributed by atoms with Crippen LogP contribution in [0.1, 0.15) is 38.4 Å². The maximum Gasteiger partial charge on any atom is 0.269 e. The maximum atomic E-state index is 13.0. The Kier molecular flexibility index (Phi) is 9.03. The van der Waals surface area contributed by atoms with E-state index in [0.29, 0.717) is 23.4 Å². The monoisotopic (exact) mass is 552 g/mol. The smallest absolute Gasteiger partial charge is 0.269 e. The number of rotatable bonds is 9. The Labute approximate surface area is 238 Å². The van der Waals surface area contributed by atoms with Crippen LogP contribution in [0.15, 0.2) is 60.9 Å². The molecule has 0 aliphatic heterocycles. The van der Waals surface area contributed by atoms with Gasteiger partial charge in [-0.25, -0.2) is 4.98 Å². The van der Waals surface area contributed by atoms with Crippen molar-refractivity contribution in [2.24, 2.45) is 0 Å². The lowest BCUT2D eigenvalue weighted by Crippen LogP contribution is -2.38. The molecule has 2 aromatic heterocycles. The van der Waals surface area contributed by atoms with Crippen LogP contribution < -0.4 is 20.3 Å². The van der Waals surface area contributed by atoms with Gasteiger partial charge < -0.3 is 20.3 Å². The Bertz CT molecular complexity index is 1630. The zero-order valence-electron chi connectivity index (χ0n) is 23.7. The molecular formula is C31H32N6O4. The summed E-state index contributed by atoms with van der Waals surface area (Å²) in [4.78, 5) is 51.5. The third kappa shape index (κ3) is 6.91. The van der Waals surface area contributed by atoms with Crippen molar-refractivity contribution in [3.63, 3.8) is 0 Å². The SMILES string of the molecule is CNC(=O)c1ccc(C=CC(=O)NCC(=O)N(C)c2ccc(C)c(COc3cccc4ncc(C)nc34)c2C)cn1. The lowest BCUT2D eigenvalue weighted by molar-refractivity contribution is -0.122. The Morgan fingerprint density at radius 3 is 2.54 bits per heavy atom. The minimum Gasteiger partial charge on any atom is -0.487 e.